The first-order chi connectivity index (χ1) is 17.0. The third-order valence-corrected chi connectivity index (χ3v) is 6.19. The van der Waals surface area contributed by atoms with E-state index >= 15 is 0 Å². The second-order valence-electron chi connectivity index (χ2n) is 8.49. The molecule has 2 rings (SSSR count). The molecular formula is C28H41NO6. The lowest BCUT2D eigenvalue weighted by molar-refractivity contribution is 0.0496. The van der Waals surface area contributed by atoms with Gasteiger partial charge in [0.25, 0.3) is 0 Å². The van der Waals surface area contributed by atoms with Crippen LogP contribution in [-0.4, -0.2) is 65.0 Å². The fraction of sp³-hybridized carbons (Fsp3) is 0.536. The van der Waals surface area contributed by atoms with Crippen molar-refractivity contribution in [2.45, 2.75) is 52.0 Å². The minimum atomic E-state index is -0.395. The van der Waals surface area contributed by atoms with Gasteiger partial charge in [-0.05, 0) is 69.1 Å². The molecule has 0 radical (unpaired) electrons. The quantitative estimate of drug-likeness (QED) is 0.232. The van der Waals surface area contributed by atoms with Crippen molar-refractivity contribution >= 4 is 5.97 Å². The van der Waals surface area contributed by atoms with Crippen LogP contribution < -0.4 is 18.9 Å². The van der Waals surface area contributed by atoms with Crippen molar-refractivity contribution in [2.75, 3.05) is 48.1 Å². The minimum Gasteiger partial charge on any atom is -0.497 e. The molecule has 1 atom stereocenters. The van der Waals surface area contributed by atoms with E-state index in [1.54, 1.807) is 19.2 Å². The summed E-state index contributed by atoms with van der Waals surface area (Å²) < 4.78 is 26.6. The van der Waals surface area contributed by atoms with Crippen molar-refractivity contribution < 1.29 is 28.5 Å². The Kier molecular flexibility index (Phi) is 12.2. The van der Waals surface area contributed by atoms with Crippen molar-refractivity contribution in [1.29, 1.82) is 0 Å². The highest BCUT2D eigenvalue weighted by Crippen LogP contribution is 2.38. The van der Waals surface area contributed by atoms with Gasteiger partial charge in [-0.25, -0.2) is 4.79 Å². The molecule has 194 valence electrons. The van der Waals surface area contributed by atoms with Gasteiger partial charge in [-0.2, -0.15) is 0 Å². The molecule has 0 aliphatic heterocycles. The van der Waals surface area contributed by atoms with Crippen molar-refractivity contribution in [2.24, 2.45) is 0 Å². The number of unbranched alkanes of at least 4 members (excludes halogenated alkanes) is 3. The second kappa shape index (κ2) is 15.1. The number of carbonyl (C=O) groups is 1. The van der Waals surface area contributed by atoms with Gasteiger partial charge < -0.3 is 28.6 Å². The van der Waals surface area contributed by atoms with Crippen molar-refractivity contribution in [3.05, 3.63) is 47.5 Å². The Morgan fingerprint density at radius 1 is 0.857 bits per heavy atom. The van der Waals surface area contributed by atoms with E-state index in [1.165, 1.54) is 26.9 Å². The van der Waals surface area contributed by atoms with Crippen LogP contribution in [0.2, 0.25) is 0 Å². The number of nitrogens with zero attached hydrogens (tertiary/aromatic N) is 1. The summed E-state index contributed by atoms with van der Waals surface area (Å²) in [6.45, 7) is 6.99. The summed E-state index contributed by atoms with van der Waals surface area (Å²) in [5, 5.41) is 0. The van der Waals surface area contributed by atoms with E-state index in [-0.39, 0.29) is 0 Å². The molecule has 0 bridgehead atoms. The van der Waals surface area contributed by atoms with Crippen molar-refractivity contribution in [3.63, 3.8) is 0 Å². The van der Waals surface area contributed by atoms with Gasteiger partial charge in [-0.1, -0.05) is 31.9 Å². The molecule has 0 saturated carbocycles. The zero-order valence-corrected chi connectivity index (χ0v) is 22.1. The predicted octanol–water partition coefficient (Wildman–Crippen LogP) is 5.39. The fourth-order valence-electron chi connectivity index (χ4n) is 4.14. The zero-order chi connectivity index (χ0) is 25.6. The van der Waals surface area contributed by atoms with Gasteiger partial charge >= 0.3 is 5.97 Å². The van der Waals surface area contributed by atoms with Gasteiger partial charge in [0, 0.05) is 6.04 Å². The van der Waals surface area contributed by atoms with E-state index in [0.29, 0.717) is 35.5 Å². The van der Waals surface area contributed by atoms with E-state index in [2.05, 4.69) is 30.9 Å². The molecule has 2 aromatic carbocycles. The number of ether oxygens (including phenoxy) is 5. The van der Waals surface area contributed by atoms with Crippen LogP contribution >= 0.6 is 0 Å². The Morgan fingerprint density at radius 2 is 1.49 bits per heavy atom. The average Bonchev–Trinajstić information content (AvgIpc) is 2.89. The number of rotatable bonds is 16. The van der Waals surface area contributed by atoms with Gasteiger partial charge in [-0.15, -0.1) is 0 Å². The summed E-state index contributed by atoms with van der Waals surface area (Å²) >= 11 is 0. The van der Waals surface area contributed by atoms with Gasteiger partial charge in [0.2, 0.25) is 5.75 Å². The maximum atomic E-state index is 12.5. The van der Waals surface area contributed by atoms with E-state index in [9.17, 15) is 4.79 Å². The smallest absolute Gasteiger partial charge is 0.338 e. The zero-order valence-electron chi connectivity index (χ0n) is 22.1. The minimum absolute atomic E-state index is 0.379. The molecule has 0 heterocycles. The van der Waals surface area contributed by atoms with Crippen LogP contribution in [0.3, 0.4) is 0 Å². The number of benzene rings is 2. The summed E-state index contributed by atoms with van der Waals surface area (Å²) in [5.41, 5.74) is 1.70. The Hall–Kier alpha value is -2.93. The normalized spacial score (nSPS) is 11.7. The van der Waals surface area contributed by atoms with Gasteiger partial charge in [0.05, 0.1) is 40.6 Å². The molecule has 35 heavy (non-hydrogen) atoms. The van der Waals surface area contributed by atoms with E-state index in [1.807, 2.05) is 12.1 Å². The molecule has 0 aliphatic rings. The van der Waals surface area contributed by atoms with Crippen LogP contribution in [0.15, 0.2) is 36.4 Å². The number of methoxy groups -OCH3 is 4. The largest absolute Gasteiger partial charge is 0.497 e. The number of hydrogen-bond donors (Lipinski definition) is 0. The van der Waals surface area contributed by atoms with Crippen LogP contribution in [-0.2, 0) is 11.2 Å². The first kappa shape index (κ1) is 28.3. The number of esters is 1. The van der Waals surface area contributed by atoms with Crippen LogP contribution in [0.5, 0.6) is 23.0 Å². The molecule has 1 unspecified atom stereocenters. The standard InChI is InChI=1S/C28H41NO6/c1-7-29(21(2)18-22-12-14-24(31-3)15-13-22)16-10-8-9-11-17-35-28(30)23-19-25(32-4)27(34-6)26(20-23)33-5/h12-15,19-21H,7-11,16-18H2,1-6H3. The third kappa shape index (κ3) is 8.66. The molecule has 2 aromatic rings. The Labute approximate surface area is 210 Å². The molecule has 0 aliphatic carbocycles. The highest BCUT2D eigenvalue weighted by molar-refractivity contribution is 5.91. The van der Waals surface area contributed by atoms with Crippen molar-refractivity contribution in [1.82, 2.24) is 4.90 Å². The lowest BCUT2D eigenvalue weighted by Gasteiger charge is -2.28. The Morgan fingerprint density at radius 3 is 2.03 bits per heavy atom. The first-order valence-corrected chi connectivity index (χ1v) is 12.3. The summed E-state index contributed by atoms with van der Waals surface area (Å²) in [5.74, 6) is 1.81. The topological polar surface area (TPSA) is 66.5 Å². The second-order valence-corrected chi connectivity index (χ2v) is 8.49. The molecule has 0 N–H and O–H groups in total. The number of hydrogen-bond acceptors (Lipinski definition) is 7. The molecule has 0 amide bonds. The summed E-state index contributed by atoms with van der Waals surface area (Å²) in [4.78, 5) is 15.0. The summed E-state index contributed by atoms with van der Waals surface area (Å²) in [6.07, 6.45) is 5.11. The predicted molar refractivity (Wildman–Crippen MR) is 138 cm³/mol. The molecule has 7 nitrogen and oxygen atoms in total. The first-order valence-electron chi connectivity index (χ1n) is 12.3. The average molecular weight is 488 g/mol. The number of likely N-dealkylation sites (N-methyl/N-ethyl adjacent to an activating group) is 1. The molecule has 0 saturated heterocycles. The fourth-order valence-corrected chi connectivity index (χ4v) is 4.14. The van der Waals surface area contributed by atoms with E-state index in [0.717, 1.165) is 50.9 Å². The van der Waals surface area contributed by atoms with Gasteiger partial charge in [0.1, 0.15) is 5.75 Å². The van der Waals surface area contributed by atoms with Gasteiger partial charge in [0.15, 0.2) is 11.5 Å². The highest BCUT2D eigenvalue weighted by atomic mass is 16.5. The van der Waals surface area contributed by atoms with E-state index in [4.69, 9.17) is 23.7 Å². The SMILES string of the molecule is CCN(CCCCCCOC(=O)c1cc(OC)c(OC)c(OC)c1)C(C)Cc1ccc(OC)cc1. The molecule has 0 aromatic heterocycles. The van der Waals surface area contributed by atoms with Crippen LogP contribution in [0, 0.1) is 0 Å². The van der Waals surface area contributed by atoms with Crippen molar-refractivity contribution in [3.8, 4) is 23.0 Å². The maximum absolute atomic E-state index is 12.5. The molecule has 0 spiro atoms. The van der Waals surface area contributed by atoms with Crippen LogP contribution in [0.25, 0.3) is 0 Å². The third-order valence-electron chi connectivity index (χ3n) is 6.19. The number of carbonyl (C=O) groups excluding carboxylic acids is 1. The maximum Gasteiger partial charge on any atom is 0.338 e. The lowest BCUT2D eigenvalue weighted by atomic mass is 10.1. The van der Waals surface area contributed by atoms with Crippen LogP contribution in [0.4, 0.5) is 0 Å². The monoisotopic (exact) mass is 487 g/mol. The molecular weight excluding hydrogens is 446 g/mol. The Balaban J connectivity index is 1.69. The summed E-state index contributed by atoms with van der Waals surface area (Å²) in [6, 6.07) is 12.0. The van der Waals surface area contributed by atoms with Gasteiger partial charge in [-0.3, -0.25) is 0 Å². The van der Waals surface area contributed by atoms with Crippen LogP contribution in [0.1, 0.15) is 55.5 Å². The highest BCUT2D eigenvalue weighted by Gasteiger charge is 2.18. The van der Waals surface area contributed by atoms with E-state index < -0.39 is 5.97 Å². The Bertz CT molecular complexity index is 874. The molecule has 7 heteroatoms. The summed E-state index contributed by atoms with van der Waals surface area (Å²) in [7, 11) is 6.26. The lowest BCUT2D eigenvalue weighted by Crippen LogP contribution is -2.35. The molecule has 0 fully saturated rings.